The molecule has 0 fully saturated rings. The number of benzene rings is 2. The standard InChI is InChI=1S/C17H17Cl2O4P.Li.H/c1-21-7-8-23-14-5-3-4-6-15(14)24-17(20)16-12(18)9-11(22-2)10-13(16)19;;/h3-6,9-10,24H,7-8H2,1-2H3;;. The van der Waals surface area contributed by atoms with Gasteiger partial charge in [-0.2, -0.15) is 0 Å². The first-order valence-corrected chi connectivity index (χ1v) is 8.87. The predicted molar refractivity (Wildman–Crippen MR) is 106 cm³/mol. The second-order valence-corrected chi connectivity index (χ2v) is 6.81. The van der Waals surface area contributed by atoms with Gasteiger partial charge in [-0.25, -0.2) is 0 Å². The van der Waals surface area contributed by atoms with Gasteiger partial charge in [-0.1, -0.05) is 41.4 Å². The number of carbonyl (C=O) groups excluding carboxylic acids is 1. The number of rotatable bonds is 8. The molecule has 2 aromatic carbocycles. The molecule has 0 aliphatic rings. The van der Waals surface area contributed by atoms with Crippen molar-refractivity contribution in [2.45, 2.75) is 0 Å². The van der Waals surface area contributed by atoms with Gasteiger partial charge in [0.2, 0.25) is 0 Å². The summed E-state index contributed by atoms with van der Waals surface area (Å²) in [6.07, 6.45) is 0. The number of ether oxygens (including phenoxy) is 3. The SMILES string of the molecule is COCCOc1ccccc1PC(=O)c1c(Cl)cc(OC)cc1Cl.[LiH]. The normalized spacial score (nSPS) is 10.6. The van der Waals surface area contributed by atoms with Gasteiger partial charge in [-0.3, -0.25) is 4.79 Å². The Bertz CT molecular complexity index is 705. The van der Waals surface area contributed by atoms with Gasteiger partial charge in [-0.15, -0.1) is 0 Å². The van der Waals surface area contributed by atoms with E-state index in [9.17, 15) is 4.79 Å². The van der Waals surface area contributed by atoms with Gasteiger partial charge in [0.25, 0.3) is 0 Å². The molecule has 0 N–H and O–H groups in total. The Hall–Kier alpha value is -0.723. The van der Waals surface area contributed by atoms with E-state index in [1.807, 2.05) is 24.3 Å². The molecule has 0 amide bonds. The van der Waals surface area contributed by atoms with Crippen LogP contribution >= 0.6 is 31.8 Å². The van der Waals surface area contributed by atoms with Crippen LogP contribution in [0.1, 0.15) is 10.4 Å². The summed E-state index contributed by atoms with van der Waals surface area (Å²) in [4.78, 5) is 12.7. The fraction of sp³-hybridized carbons (Fsp3) is 0.235. The van der Waals surface area contributed by atoms with E-state index >= 15 is 0 Å². The maximum absolute atomic E-state index is 12.7. The first kappa shape index (κ1) is 22.3. The first-order valence-electron chi connectivity index (χ1n) is 7.12. The third-order valence-corrected chi connectivity index (χ3v) is 4.91. The molecule has 0 saturated heterocycles. The van der Waals surface area contributed by atoms with Crippen molar-refractivity contribution in [3.8, 4) is 11.5 Å². The van der Waals surface area contributed by atoms with Crippen LogP contribution in [0.3, 0.4) is 0 Å². The van der Waals surface area contributed by atoms with Crippen molar-refractivity contribution in [1.82, 2.24) is 0 Å². The number of hydrogen-bond acceptors (Lipinski definition) is 4. The summed E-state index contributed by atoms with van der Waals surface area (Å²) < 4.78 is 15.7. The molecule has 8 heteroatoms. The molecule has 1 unspecified atom stereocenters. The van der Waals surface area contributed by atoms with Crippen LogP contribution in [-0.2, 0) is 4.74 Å². The average Bonchev–Trinajstić information content (AvgIpc) is 2.55. The second kappa shape index (κ2) is 11.1. The van der Waals surface area contributed by atoms with E-state index in [0.717, 1.165) is 5.30 Å². The van der Waals surface area contributed by atoms with Crippen molar-refractivity contribution >= 4 is 61.5 Å². The van der Waals surface area contributed by atoms with E-state index in [1.54, 1.807) is 19.2 Å². The molecule has 0 spiro atoms. The van der Waals surface area contributed by atoms with Crippen molar-refractivity contribution in [1.29, 1.82) is 0 Å². The molecule has 0 saturated carbocycles. The molecular weight excluding hydrogens is 377 g/mol. The molecule has 0 radical (unpaired) electrons. The Labute approximate surface area is 171 Å². The molecule has 0 aliphatic carbocycles. The van der Waals surface area contributed by atoms with E-state index < -0.39 is 0 Å². The van der Waals surface area contributed by atoms with Crippen LogP contribution in [0, 0.1) is 0 Å². The Morgan fingerprint density at radius 1 is 1.08 bits per heavy atom. The summed E-state index contributed by atoms with van der Waals surface area (Å²) in [6, 6.07) is 10.5. The number of methoxy groups -OCH3 is 2. The van der Waals surface area contributed by atoms with E-state index in [1.165, 1.54) is 7.11 Å². The van der Waals surface area contributed by atoms with Gasteiger partial charge in [0.05, 0.1) is 29.3 Å². The number of para-hydroxylation sites is 1. The molecule has 1 atom stereocenters. The van der Waals surface area contributed by atoms with Gasteiger partial charge in [0, 0.05) is 12.4 Å². The Kier molecular flexibility index (Phi) is 9.90. The van der Waals surface area contributed by atoms with Crippen LogP contribution in [0.4, 0.5) is 0 Å². The van der Waals surface area contributed by atoms with E-state index in [4.69, 9.17) is 37.4 Å². The van der Waals surface area contributed by atoms with Crippen LogP contribution in [-0.4, -0.2) is 51.8 Å². The van der Waals surface area contributed by atoms with E-state index in [-0.39, 0.29) is 43.0 Å². The average molecular weight is 395 g/mol. The molecule has 0 heterocycles. The van der Waals surface area contributed by atoms with E-state index in [0.29, 0.717) is 30.3 Å². The van der Waals surface area contributed by atoms with Gasteiger partial charge in [0.1, 0.15) is 18.1 Å². The molecule has 0 bridgehead atoms. The monoisotopic (exact) mass is 394 g/mol. The summed E-state index contributed by atoms with van der Waals surface area (Å²) in [6.45, 7) is 0.887. The fourth-order valence-corrected chi connectivity index (χ4v) is 3.89. The topological polar surface area (TPSA) is 44.8 Å². The van der Waals surface area contributed by atoms with Gasteiger partial charge in [-0.05, 0) is 26.8 Å². The van der Waals surface area contributed by atoms with Crippen LogP contribution in [0.5, 0.6) is 11.5 Å². The van der Waals surface area contributed by atoms with Crippen LogP contribution < -0.4 is 14.8 Å². The summed E-state index contributed by atoms with van der Waals surface area (Å²) in [7, 11) is 2.96. The molecule has 2 aromatic rings. The Morgan fingerprint density at radius 3 is 2.32 bits per heavy atom. The summed E-state index contributed by atoms with van der Waals surface area (Å²) in [5.41, 5.74) is 0.139. The third kappa shape index (κ3) is 6.19. The minimum absolute atomic E-state index is 0. The van der Waals surface area contributed by atoms with Crippen LogP contribution in [0.2, 0.25) is 10.0 Å². The van der Waals surface area contributed by atoms with Crippen LogP contribution in [0.15, 0.2) is 36.4 Å². The van der Waals surface area contributed by atoms with Gasteiger partial charge >= 0.3 is 18.9 Å². The first-order chi connectivity index (χ1) is 11.6. The zero-order valence-electron chi connectivity index (χ0n) is 13.3. The fourth-order valence-electron chi connectivity index (χ4n) is 2.00. The minimum atomic E-state index is -0.158. The third-order valence-electron chi connectivity index (χ3n) is 3.16. The summed E-state index contributed by atoms with van der Waals surface area (Å²) >= 11 is 12.4. The summed E-state index contributed by atoms with van der Waals surface area (Å²) in [5.74, 6) is 1.16. The van der Waals surface area contributed by atoms with Crippen molar-refractivity contribution in [2.75, 3.05) is 27.4 Å². The Balaban J connectivity index is 0.00000312. The molecule has 25 heavy (non-hydrogen) atoms. The Morgan fingerprint density at radius 2 is 1.72 bits per heavy atom. The number of halogens is 2. The molecule has 0 aromatic heterocycles. The molecule has 2 rings (SSSR count). The predicted octanol–water partition coefficient (Wildman–Crippen LogP) is 3.52. The van der Waals surface area contributed by atoms with Crippen molar-refractivity contribution in [2.24, 2.45) is 0 Å². The molecule has 4 nitrogen and oxygen atoms in total. The molecule has 130 valence electrons. The quantitative estimate of drug-likeness (QED) is 0.390. The zero-order valence-corrected chi connectivity index (χ0v) is 15.8. The van der Waals surface area contributed by atoms with Gasteiger partial charge in [0.15, 0.2) is 5.52 Å². The van der Waals surface area contributed by atoms with Crippen molar-refractivity contribution in [3.63, 3.8) is 0 Å². The molecular formula is C17H18Cl2LiO4P. The number of hydrogen-bond donors (Lipinski definition) is 0. The van der Waals surface area contributed by atoms with Crippen LogP contribution in [0.25, 0.3) is 0 Å². The molecule has 0 aliphatic heterocycles. The van der Waals surface area contributed by atoms with E-state index in [2.05, 4.69) is 0 Å². The van der Waals surface area contributed by atoms with Gasteiger partial charge < -0.3 is 14.2 Å². The number of carbonyl (C=O) groups is 1. The maximum atomic E-state index is 12.7. The zero-order chi connectivity index (χ0) is 17.5. The summed E-state index contributed by atoms with van der Waals surface area (Å²) in [5, 5.41) is 1.34. The van der Waals surface area contributed by atoms with Crippen molar-refractivity contribution < 1.29 is 19.0 Å². The second-order valence-electron chi connectivity index (χ2n) is 4.76. The van der Waals surface area contributed by atoms with Crippen molar-refractivity contribution in [3.05, 3.63) is 52.0 Å².